The predicted molar refractivity (Wildman–Crippen MR) is 77.8 cm³/mol. The Morgan fingerprint density at radius 2 is 2.05 bits per heavy atom. The van der Waals surface area contributed by atoms with E-state index in [0.717, 1.165) is 0 Å². The van der Waals surface area contributed by atoms with Crippen molar-refractivity contribution in [3.63, 3.8) is 0 Å². The summed E-state index contributed by atoms with van der Waals surface area (Å²) in [6.45, 7) is 4.00. The number of hydrogen-bond acceptors (Lipinski definition) is 4. The van der Waals surface area contributed by atoms with Gasteiger partial charge in [-0.2, -0.15) is 5.10 Å². The highest BCUT2D eigenvalue weighted by atomic mass is 35.5. The summed E-state index contributed by atoms with van der Waals surface area (Å²) in [7, 11) is 0. The Kier molecular flexibility index (Phi) is 4.14. The Morgan fingerprint density at radius 1 is 1.30 bits per heavy atom. The molecule has 20 heavy (non-hydrogen) atoms. The van der Waals surface area contributed by atoms with Crippen molar-refractivity contribution in [1.82, 2.24) is 20.2 Å². The van der Waals surface area contributed by atoms with Gasteiger partial charge in [-0.25, -0.2) is 14.4 Å². The summed E-state index contributed by atoms with van der Waals surface area (Å²) in [5.41, 5.74) is 7.01. The molecule has 2 heterocycles. The first-order valence-corrected chi connectivity index (χ1v) is 6.45. The molecule has 0 aliphatic rings. The minimum absolute atomic E-state index is 0.0404. The third-order valence-corrected chi connectivity index (χ3v) is 2.80. The van der Waals surface area contributed by atoms with Crippen LogP contribution in [-0.4, -0.2) is 20.2 Å². The number of aromatic amines is 1. The topological polar surface area (TPSA) is 80.5 Å². The van der Waals surface area contributed by atoms with Crippen molar-refractivity contribution >= 4 is 28.6 Å². The molecular weight excluding hydrogens is 281 g/mol. The van der Waals surface area contributed by atoms with Gasteiger partial charge in [-0.15, -0.1) is 0 Å². The van der Waals surface area contributed by atoms with E-state index in [1.165, 1.54) is 12.3 Å². The van der Waals surface area contributed by atoms with Crippen LogP contribution in [0.1, 0.15) is 13.8 Å². The van der Waals surface area contributed by atoms with Crippen LogP contribution in [0.25, 0.3) is 22.4 Å². The number of aromatic nitrogens is 4. The molecule has 5 nitrogen and oxygen atoms in total. The van der Waals surface area contributed by atoms with Crippen molar-refractivity contribution in [2.45, 2.75) is 13.8 Å². The van der Waals surface area contributed by atoms with Crippen LogP contribution >= 0.6 is 11.6 Å². The average molecular weight is 294 g/mol. The number of anilines is 1. The molecule has 0 aliphatic carbocycles. The van der Waals surface area contributed by atoms with E-state index in [1.807, 2.05) is 13.8 Å². The molecule has 7 heteroatoms. The number of nitrogen functional groups attached to an aromatic ring is 1. The van der Waals surface area contributed by atoms with Gasteiger partial charge in [0, 0.05) is 5.56 Å². The Hall–Kier alpha value is -2.21. The quantitative estimate of drug-likeness (QED) is 0.720. The van der Waals surface area contributed by atoms with Crippen LogP contribution in [-0.2, 0) is 0 Å². The lowest BCUT2D eigenvalue weighted by molar-refractivity contribution is 0.631. The first-order valence-electron chi connectivity index (χ1n) is 6.08. The molecule has 2 aromatic heterocycles. The van der Waals surface area contributed by atoms with Crippen molar-refractivity contribution in [3.8, 4) is 11.3 Å². The molecular formula is C13H13ClFN5. The van der Waals surface area contributed by atoms with E-state index in [-0.39, 0.29) is 10.8 Å². The van der Waals surface area contributed by atoms with Crippen LogP contribution in [0.3, 0.4) is 0 Å². The lowest BCUT2D eigenvalue weighted by Crippen LogP contribution is -1.92. The molecule has 0 spiro atoms. The lowest BCUT2D eigenvalue weighted by atomic mass is 10.1. The minimum atomic E-state index is -0.525. The van der Waals surface area contributed by atoms with Crippen molar-refractivity contribution in [2.75, 3.05) is 5.73 Å². The molecule has 0 atom stereocenters. The van der Waals surface area contributed by atoms with Gasteiger partial charge in [-0.1, -0.05) is 31.5 Å². The minimum Gasteiger partial charge on any atom is -0.382 e. The highest BCUT2D eigenvalue weighted by Crippen LogP contribution is 2.29. The number of halogens is 2. The van der Waals surface area contributed by atoms with E-state index in [4.69, 9.17) is 17.3 Å². The normalized spacial score (nSPS) is 10.2. The highest BCUT2D eigenvalue weighted by Gasteiger charge is 2.15. The van der Waals surface area contributed by atoms with Crippen LogP contribution in [0, 0.1) is 5.82 Å². The summed E-state index contributed by atoms with van der Waals surface area (Å²) in [5.74, 6) is -0.268. The molecule has 3 rings (SSSR count). The lowest BCUT2D eigenvalue weighted by Gasteiger charge is -2.01. The Labute approximate surface area is 120 Å². The smallest absolute Gasteiger partial charge is 0.202 e. The molecule has 3 aromatic rings. The Balaban J connectivity index is 0.000000704. The van der Waals surface area contributed by atoms with E-state index in [0.29, 0.717) is 22.4 Å². The number of benzene rings is 1. The zero-order chi connectivity index (χ0) is 14.7. The van der Waals surface area contributed by atoms with E-state index in [1.54, 1.807) is 12.1 Å². The first kappa shape index (κ1) is 14.2. The number of fused-ring (bicyclic) bond motifs is 1. The average Bonchev–Trinajstić information content (AvgIpc) is 2.87. The van der Waals surface area contributed by atoms with Crippen LogP contribution in [0.15, 0.2) is 24.4 Å². The second-order valence-corrected chi connectivity index (χ2v) is 4.07. The monoisotopic (exact) mass is 293 g/mol. The number of H-pyrrole nitrogens is 1. The standard InChI is InChI=1S/C11H7ClFN5.C2H6/c12-6-3-1-2-5(8(6)13)9-10-11(18-17-9)16-7(14)4-15-10;1-2/h1-4H,(H3,14,16,17,18);1-2H3. The third kappa shape index (κ3) is 2.42. The zero-order valence-corrected chi connectivity index (χ0v) is 11.7. The fourth-order valence-electron chi connectivity index (χ4n) is 1.69. The van der Waals surface area contributed by atoms with Crippen molar-refractivity contribution in [3.05, 3.63) is 35.2 Å². The van der Waals surface area contributed by atoms with Gasteiger partial charge in [0.05, 0.1) is 16.9 Å². The van der Waals surface area contributed by atoms with Gasteiger partial charge in [-0.3, -0.25) is 5.10 Å². The van der Waals surface area contributed by atoms with E-state index < -0.39 is 5.82 Å². The summed E-state index contributed by atoms with van der Waals surface area (Å²) in [4.78, 5) is 8.09. The summed E-state index contributed by atoms with van der Waals surface area (Å²) < 4.78 is 13.9. The largest absolute Gasteiger partial charge is 0.382 e. The van der Waals surface area contributed by atoms with Crippen molar-refractivity contribution in [1.29, 1.82) is 0 Å². The van der Waals surface area contributed by atoms with Crippen molar-refractivity contribution in [2.24, 2.45) is 0 Å². The van der Waals surface area contributed by atoms with E-state index in [9.17, 15) is 4.39 Å². The number of nitrogens with zero attached hydrogens (tertiary/aromatic N) is 3. The number of nitrogens with two attached hydrogens (primary N) is 1. The molecule has 0 aliphatic heterocycles. The molecule has 104 valence electrons. The Morgan fingerprint density at radius 3 is 2.80 bits per heavy atom. The number of hydrogen-bond donors (Lipinski definition) is 2. The molecule has 3 N–H and O–H groups in total. The van der Waals surface area contributed by atoms with Gasteiger partial charge in [0.2, 0.25) is 5.65 Å². The highest BCUT2D eigenvalue weighted by molar-refractivity contribution is 6.31. The van der Waals surface area contributed by atoms with Gasteiger partial charge in [0.25, 0.3) is 0 Å². The van der Waals surface area contributed by atoms with Crippen molar-refractivity contribution < 1.29 is 4.39 Å². The maximum Gasteiger partial charge on any atom is 0.202 e. The van der Waals surface area contributed by atoms with Gasteiger partial charge < -0.3 is 5.73 Å². The summed E-state index contributed by atoms with van der Waals surface area (Å²) in [6.07, 6.45) is 1.39. The molecule has 0 bridgehead atoms. The van der Waals surface area contributed by atoms with E-state index >= 15 is 0 Å². The Bertz CT molecular complexity index is 741. The van der Waals surface area contributed by atoms with Gasteiger partial charge >= 0.3 is 0 Å². The van der Waals surface area contributed by atoms with E-state index in [2.05, 4.69) is 20.2 Å². The summed E-state index contributed by atoms with van der Waals surface area (Å²) in [5, 5.41) is 6.67. The van der Waals surface area contributed by atoms with Crippen LogP contribution in [0.2, 0.25) is 5.02 Å². The van der Waals surface area contributed by atoms with Crippen LogP contribution in [0.4, 0.5) is 10.2 Å². The molecule has 0 saturated heterocycles. The van der Waals surface area contributed by atoms with Gasteiger partial charge in [0.15, 0.2) is 5.82 Å². The zero-order valence-electron chi connectivity index (χ0n) is 11.0. The van der Waals surface area contributed by atoms with Crippen LogP contribution in [0.5, 0.6) is 0 Å². The molecule has 0 unspecified atom stereocenters. The number of rotatable bonds is 1. The summed E-state index contributed by atoms with van der Waals surface area (Å²) in [6, 6.07) is 4.72. The summed E-state index contributed by atoms with van der Waals surface area (Å²) >= 11 is 5.74. The van der Waals surface area contributed by atoms with Crippen LogP contribution < -0.4 is 5.73 Å². The first-order chi connectivity index (χ1) is 9.66. The fourth-order valence-corrected chi connectivity index (χ4v) is 1.87. The maximum atomic E-state index is 13.9. The molecule has 1 aromatic carbocycles. The van der Waals surface area contributed by atoms with Gasteiger partial charge in [-0.05, 0) is 12.1 Å². The SMILES string of the molecule is CC.Nc1cnc2c(-c3cccc(Cl)c3F)[nH]nc2n1. The van der Waals surface area contributed by atoms with Gasteiger partial charge in [0.1, 0.15) is 11.3 Å². The second-order valence-electron chi connectivity index (χ2n) is 3.67. The molecule has 0 fully saturated rings. The molecule has 0 amide bonds. The molecule has 0 saturated carbocycles. The number of nitrogens with one attached hydrogen (secondary N) is 1. The maximum absolute atomic E-state index is 13.9. The third-order valence-electron chi connectivity index (χ3n) is 2.50. The fraction of sp³-hybridized carbons (Fsp3) is 0.154. The molecule has 0 radical (unpaired) electrons. The second kappa shape index (κ2) is 5.83. The predicted octanol–water partition coefficient (Wildman–Crippen LogP) is 3.42.